The van der Waals surface area contributed by atoms with Crippen molar-refractivity contribution < 1.29 is 19.1 Å². The molecule has 6 heteroatoms. The molecular weight excluding hydrogens is 332 g/mol. The van der Waals surface area contributed by atoms with Crippen LogP contribution in [-0.2, 0) is 25.2 Å². The summed E-state index contributed by atoms with van der Waals surface area (Å²) >= 11 is 0. The van der Waals surface area contributed by atoms with Gasteiger partial charge in [0.1, 0.15) is 17.5 Å². The van der Waals surface area contributed by atoms with Gasteiger partial charge >= 0.3 is 5.97 Å². The van der Waals surface area contributed by atoms with Gasteiger partial charge in [0.2, 0.25) is 5.91 Å². The molecule has 2 rings (SSSR count). The summed E-state index contributed by atoms with van der Waals surface area (Å²) < 4.78 is 5.38. The van der Waals surface area contributed by atoms with Gasteiger partial charge in [-0.2, -0.15) is 0 Å². The molecule has 1 N–H and O–H groups in total. The number of hydrogen-bond donors (Lipinski definition) is 1. The molecule has 1 atom stereocenters. The van der Waals surface area contributed by atoms with E-state index in [1.54, 1.807) is 6.07 Å². The highest BCUT2D eigenvalue weighted by Crippen LogP contribution is 2.44. The fourth-order valence-electron chi connectivity index (χ4n) is 2.93. The highest BCUT2D eigenvalue weighted by molar-refractivity contribution is 6.17. The Labute approximate surface area is 154 Å². The summed E-state index contributed by atoms with van der Waals surface area (Å²) in [5.74, 6) is -1.60. The number of hydrogen-bond acceptors (Lipinski definition) is 5. The average Bonchev–Trinajstić information content (AvgIpc) is 2.72. The van der Waals surface area contributed by atoms with Gasteiger partial charge < -0.3 is 10.1 Å². The fraction of sp³-hybridized carbons (Fsp3) is 0.500. The van der Waals surface area contributed by atoms with E-state index in [0.29, 0.717) is 11.4 Å². The Hall–Kier alpha value is -2.50. The number of carbonyl (C=O) groups excluding carboxylic acids is 3. The van der Waals surface area contributed by atoms with Gasteiger partial charge in [0, 0.05) is 30.6 Å². The van der Waals surface area contributed by atoms with Crippen molar-refractivity contribution in [3.8, 4) is 5.75 Å². The van der Waals surface area contributed by atoms with Gasteiger partial charge in [-0.15, -0.1) is 0 Å². The summed E-state index contributed by atoms with van der Waals surface area (Å²) in [6.45, 7) is 11.0. The molecule has 0 aliphatic carbocycles. The molecule has 1 amide bonds. The Morgan fingerprint density at radius 2 is 1.88 bits per heavy atom. The van der Waals surface area contributed by atoms with Crippen LogP contribution in [-0.4, -0.2) is 30.9 Å². The first kappa shape index (κ1) is 19.8. The molecule has 1 heterocycles. The summed E-state index contributed by atoms with van der Waals surface area (Å²) in [5.41, 5.74) is 1.16. The van der Waals surface area contributed by atoms with Gasteiger partial charge in [-0.1, -0.05) is 20.8 Å². The molecule has 1 unspecified atom stereocenters. The zero-order valence-electron chi connectivity index (χ0n) is 16.4. The van der Waals surface area contributed by atoms with Crippen molar-refractivity contribution in [3.63, 3.8) is 0 Å². The second kappa shape index (κ2) is 6.67. The number of benzene rings is 1. The van der Waals surface area contributed by atoms with Crippen LogP contribution in [0.3, 0.4) is 0 Å². The number of carbonyl (C=O) groups is 3. The number of nitrogens with one attached hydrogen (secondary N) is 1. The third kappa shape index (κ3) is 3.54. The van der Waals surface area contributed by atoms with Gasteiger partial charge in [-0.05, 0) is 37.8 Å². The van der Waals surface area contributed by atoms with Gasteiger partial charge in [0.25, 0.3) is 0 Å². The largest absolute Gasteiger partial charge is 0.425 e. The van der Waals surface area contributed by atoms with Crippen LogP contribution in [0.15, 0.2) is 17.1 Å². The lowest BCUT2D eigenvalue weighted by molar-refractivity contribution is -0.137. The molecule has 0 saturated heterocycles. The van der Waals surface area contributed by atoms with Crippen LogP contribution < -0.4 is 10.1 Å². The Morgan fingerprint density at radius 1 is 1.27 bits per heavy atom. The van der Waals surface area contributed by atoms with Crippen molar-refractivity contribution in [1.82, 2.24) is 0 Å². The first-order chi connectivity index (χ1) is 11.9. The highest BCUT2D eigenvalue weighted by Gasteiger charge is 2.42. The second-order valence-corrected chi connectivity index (χ2v) is 8.14. The molecular formula is C20H26N2O4. The maximum Gasteiger partial charge on any atom is 0.321 e. The number of Topliss-reactive ketones (excluding diaryl/α,β-unsaturated/α-hetero) is 1. The number of esters is 1. The van der Waals surface area contributed by atoms with E-state index in [-0.39, 0.29) is 17.2 Å². The average molecular weight is 358 g/mol. The predicted octanol–water partition coefficient (Wildman–Crippen LogP) is 3.03. The topological polar surface area (TPSA) is 84.8 Å². The van der Waals surface area contributed by atoms with Gasteiger partial charge in [-0.25, -0.2) is 0 Å². The van der Waals surface area contributed by atoms with E-state index in [0.717, 1.165) is 11.1 Å². The van der Waals surface area contributed by atoms with Gasteiger partial charge in [-0.3, -0.25) is 19.4 Å². The molecule has 1 aliphatic heterocycles. The minimum absolute atomic E-state index is 0.288. The van der Waals surface area contributed by atoms with Gasteiger partial charge in [0.05, 0.1) is 5.41 Å². The van der Waals surface area contributed by atoms with Crippen LogP contribution in [0, 0.1) is 5.92 Å². The van der Waals surface area contributed by atoms with E-state index in [1.165, 1.54) is 20.2 Å². The summed E-state index contributed by atoms with van der Waals surface area (Å²) in [5, 5.41) is 2.81. The number of ether oxygens (including phenoxy) is 1. The van der Waals surface area contributed by atoms with Crippen LogP contribution in [0.4, 0.5) is 5.69 Å². The number of rotatable bonds is 4. The van der Waals surface area contributed by atoms with E-state index in [4.69, 9.17) is 4.74 Å². The number of fused-ring (bicyclic) bond motifs is 1. The zero-order chi connectivity index (χ0) is 19.9. The fourth-order valence-corrected chi connectivity index (χ4v) is 2.93. The lowest BCUT2D eigenvalue weighted by Crippen LogP contribution is -2.30. The Bertz CT molecular complexity index is 801. The predicted molar refractivity (Wildman–Crippen MR) is 101 cm³/mol. The molecule has 0 bridgehead atoms. The Morgan fingerprint density at radius 3 is 2.38 bits per heavy atom. The monoisotopic (exact) mass is 358 g/mol. The van der Waals surface area contributed by atoms with E-state index in [1.807, 2.05) is 40.7 Å². The third-order valence-corrected chi connectivity index (χ3v) is 4.59. The molecule has 0 saturated carbocycles. The first-order valence-corrected chi connectivity index (χ1v) is 8.54. The van der Waals surface area contributed by atoms with Crippen molar-refractivity contribution in [2.45, 2.75) is 52.4 Å². The molecule has 0 radical (unpaired) electrons. The van der Waals surface area contributed by atoms with Gasteiger partial charge in [0.15, 0.2) is 0 Å². The number of nitrogens with zero attached hydrogens (tertiary/aromatic N) is 1. The van der Waals surface area contributed by atoms with E-state index < -0.39 is 17.2 Å². The summed E-state index contributed by atoms with van der Waals surface area (Å²) in [4.78, 5) is 40.3. The van der Waals surface area contributed by atoms with Crippen molar-refractivity contribution >= 4 is 29.6 Å². The van der Waals surface area contributed by atoms with E-state index in [2.05, 4.69) is 10.3 Å². The zero-order valence-corrected chi connectivity index (χ0v) is 16.4. The SMILES string of the molecule is CN=CC(C(C)=O)C(=O)Nc1cc2c(cc1C(C)(C)C)C(C)(C)C(=O)O2. The summed E-state index contributed by atoms with van der Waals surface area (Å²) in [6.07, 6.45) is 1.32. The minimum Gasteiger partial charge on any atom is -0.425 e. The minimum atomic E-state index is -0.958. The van der Waals surface area contributed by atoms with Crippen LogP contribution >= 0.6 is 0 Å². The lowest BCUT2D eigenvalue weighted by Gasteiger charge is -2.26. The summed E-state index contributed by atoms with van der Waals surface area (Å²) in [7, 11) is 1.51. The maximum absolute atomic E-state index is 12.6. The molecule has 0 aromatic heterocycles. The Kier molecular flexibility index (Phi) is 5.08. The molecule has 1 aromatic carbocycles. The molecule has 1 aromatic rings. The molecule has 140 valence electrons. The molecule has 0 spiro atoms. The molecule has 0 fully saturated rings. The second-order valence-electron chi connectivity index (χ2n) is 8.14. The maximum atomic E-state index is 12.6. The molecule has 1 aliphatic rings. The van der Waals surface area contributed by atoms with Crippen molar-refractivity contribution in [2.24, 2.45) is 10.9 Å². The highest BCUT2D eigenvalue weighted by atomic mass is 16.5. The quantitative estimate of drug-likeness (QED) is 0.388. The normalized spacial score (nSPS) is 17.0. The van der Waals surface area contributed by atoms with Crippen molar-refractivity contribution in [3.05, 3.63) is 23.3 Å². The van der Waals surface area contributed by atoms with Crippen LogP contribution in [0.5, 0.6) is 5.75 Å². The summed E-state index contributed by atoms with van der Waals surface area (Å²) in [6, 6.07) is 3.58. The van der Waals surface area contributed by atoms with Crippen LogP contribution in [0.2, 0.25) is 0 Å². The number of amides is 1. The standard InChI is InChI=1S/C20H26N2O4/c1-11(23)12(10-21-7)17(24)22-15-9-16-14(8-13(15)19(2,3)4)20(5,6)18(25)26-16/h8-10,12H,1-7H3,(H,22,24). The van der Waals surface area contributed by atoms with Crippen molar-refractivity contribution in [2.75, 3.05) is 12.4 Å². The smallest absolute Gasteiger partial charge is 0.321 e. The number of ketones is 1. The molecule has 26 heavy (non-hydrogen) atoms. The lowest BCUT2D eigenvalue weighted by atomic mass is 9.79. The third-order valence-electron chi connectivity index (χ3n) is 4.59. The van der Waals surface area contributed by atoms with E-state index in [9.17, 15) is 14.4 Å². The Balaban J connectivity index is 2.53. The van der Waals surface area contributed by atoms with Crippen LogP contribution in [0.1, 0.15) is 52.7 Å². The number of anilines is 1. The van der Waals surface area contributed by atoms with E-state index >= 15 is 0 Å². The first-order valence-electron chi connectivity index (χ1n) is 8.54. The number of aliphatic imine (C=N–C) groups is 1. The molecule has 6 nitrogen and oxygen atoms in total. The van der Waals surface area contributed by atoms with Crippen molar-refractivity contribution in [1.29, 1.82) is 0 Å². The van der Waals surface area contributed by atoms with Crippen LogP contribution in [0.25, 0.3) is 0 Å².